The van der Waals surface area contributed by atoms with Crippen LogP contribution < -0.4 is 31.7 Å². The third-order valence-electron chi connectivity index (χ3n) is 6.43. The molecule has 4 amide bonds. The van der Waals surface area contributed by atoms with Crippen LogP contribution in [0.3, 0.4) is 0 Å². The maximum absolute atomic E-state index is 10.8. The number of carbonyl (C=O) groups is 5. The number of aromatic nitrogens is 5. The first-order valence-corrected chi connectivity index (χ1v) is 17.4. The average molecular weight is 800 g/mol. The van der Waals surface area contributed by atoms with Crippen LogP contribution in [0.25, 0.3) is 0 Å². The predicted molar refractivity (Wildman–Crippen MR) is 218 cm³/mol. The molecule has 18 nitrogen and oxygen atoms in total. The number of esters is 1. The molecule has 0 radical (unpaired) electrons. The van der Waals surface area contributed by atoms with E-state index in [0.717, 1.165) is 32.5 Å². The number of aliphatic hydroxyl groups is 1. The minimum absolute atomic E-state index is 0.0465. The molecule has 0 aliphatic rings. The van der Waals surface area contributed by atoms with E-state index in [2.05, 4.69) is 41.2 Å². The van der Waals surface area contributed by atoms with E-state index < -0.39 is 0 Å². The first kappa shape index (κ1) is 48.7. The molecule has 308 valence electrons. The average Bonchev–Trinajstić information content (AvgIpc) is 3.12. The number of pyridine rings is 5. The molecule has 0 aromatic carbocycles. The molecule has 0 atom stereocenters. The van der Waals surface area contributed by atoms with Crippen LogP contribution in [0.5, 0.6) is 0 Å². The summed E-state index contributed by atoms with van der Waals surface area (Å²) < 4.78 is 5.68. The molecule has 8 N–H and O–H groups in total. The number of ether oxygens (including phenoxy) is 1. The van der Waals surface area contributed by atoms with Crippen molar-refractivity contribution >= 4 is 58.7 Å². The van der Waals surface area contributed by atoms with Crippen LogP contribution >= 0.6 is 0 Å². The second-order valence-electron chi connectivity index (χ2n) is 12.2. The molecule has 0 fully saturated rings. The molecule has 0 aliphatic carbocycles. The van der Waals surface area contributed by atoms with E-state index in [4.69, 9.17) is 15.6 Å². The van der Waals surface area contributed by atoms with Gasteiger partial charge in [0.25, 0.3) is 0 Å². The molecule has 0 aliphatic heterocycles. The first-order chi connectivity index (χ1) is 27.4. The highest BCUT2D eigenvalue weighted by atomic mass is 16.5. The van der Waals surface area contributed by atoms with E-state index in [-0.39, 0.29) is 42.8 Å². The van der Waals surface area contributed by atoms with Crippen molar-refractivity contribution in [3.05, 3.63) is 119 Å². The summed E-state index contributed by atoms with van der Waals surface area (Å²) in [6, 6.07) is 17.6. The number of carbonyl (C=O) groups excluding carboxylic acids is 5. The number of nitrogens with two attached hydrogens (primary N) is 1. The van der Waals surface area contributed by atoms with Crippen molar-refractivity contribution in [2.24, 2.45) is 0 Å². The number of nitrogens with zero attached hydrogens (tertiary/aromatic N) is 5. The Hall–Kier alpha value is -7.34. The molecule has 0 saturated heterocycles. The molecular weight excluding hydrogens is 749 g/mol. The lowest BCUT2D eigenvalue weighted by atomic mass is 10.3. The van der Waals surface area contributed by atoms with Crippen molar-refractivity contribution in [1.82, 2.24) is 19.9 Å². The summed E-state index contributed by atoms with van der Waals surface area (Å²) in [5, 5.41) is 28.1. The minimum atomic E-state index is -0.340. The predicted octanol–water partition coefficient (Wildman–Crippen LogP) is 4.43. The lowest BCUT2D eigenvalue weighted by molar-refractivity contribution is -0.893. The van der Waals surface area contributed by atoms with Gasteiger partial charge in [-0.25, -0.2) is 30.0 Å². The standard InChI is InChI=1S/C10H12N2O3.2C8H10N2O2.C8H10N2O.C6H8N2/c1-7(13)12-10-5-9(3-4-11-10)6-15-8(2)14;1-6-3-4-10(12)8(5-6)9-7(2)11;1-6(12)10-8-4-7(5-11)2-3-9-8;1-6-3-4-9-8(5-6)10-7(2)11;1-5-2-3-8-6(7)4-5/h3-5H,6H2,1-2H3,(H,11,12,13);3-5,12H,1-2H3;2-4,11H,5H2,1H3,(H,9,10,12);3-5H,1-2H3,(H,9,10,11);2-4H,1H3,(H2,7,8)/p+1. The molecule has 0 bridgehead atoms. The molecule has 0 unspecified atom stereocenters. The Labute approximate surface area is 336 Å². The highest BCUT2D eigenvalue weighted by Crippen LogP contribution is 2.09. The van der Waals surface area contributed by atoms with Crippen molar-refractivity contribution in [2.45, 2.75) is 68.6 Å². The zero-order chi connectivity index (χ0) is 43.6. The lowest BCUT2D eigenvalue weighted by Gasteiger charge is -2.04. The van der Waals surface area contributed by atoms with Gasteiger partial charge >= 0.3 is 17.7 Å². The molecule has 5 aromatic rings. The number of anilines is 5. The maximum Gasteiger partial charge on any atom is 0.321 e. The summed E-state index contributed by atoms with van der Waals surface area (Å²) in [5.41, 5.74) is 10.1. The fourth-order valence-electron chi connectivity index (χ4n) is 4.04. The minimum Gasteiger partial charge on any atom is -0.461 e. The molecule has 18 heteroatoms. The summed E-state index contributed by atoms with van der Waals surface area (Å²) >= 11 is 0. The summed E-state index contributed by atoms with van der Waals surface area (Å²) in [7, 11) is 0. The number of aryl methyl sites for hydroxylation is 3. The number of hydrogen-bond acceptors (Lipinski definition) is 13. The number of amides is 4. The van der Waals surface area contributed by atoms with E-state index in [0.29, 0.717) is 29.1 Å². The second-order valence-corrected chi connectivity index (χ2v) is 12.2. The van der Waals surface area contributed by atoms with Gasteiger partial charge < -0.3 is 36.7 Å². The smallest absolute Gasteiger partial charge is 0.321 e. The largest absolute Gasteiger partial charge is 0.461 e. The topological polar surface area (TPSA) is 265 Å². The lowest BCUT2D eigenvalue weighted by Crippen LogP contribution is -2.34. The number of nitrogens with one attached hydrogen (secondary N) is 4. The van der Waals surface area contributed by atoms with E-state index in [1.807, 2.05) is 45.0 Å². The highest BCUT2D eigenvalue weighted by Gasteiger charge is 2.09. The second kappa shape index (κ2) is 26.5. The Kier molecular flexibility index (Phi) is 22.2. The van der Waals surface area contributed by atoms with Crippen LogP contribution in [0.1, 0.15) is 62.4 Å². The fraction of sp³-hybridized carbons (Fsp3) is 0.250. The van der Waals surface area contributed by atoms with Crippen LogP contribution in [0.4, 0.5) is 29.1 Å². The molecule has 0 spiro atoms. The Balaban J connectivity index is 0.000000367. The molecule has 5 aromatic heterocycles. The van der Waals surface area contributed by atoms with Crippen LogP contribution in [-0.4, -0.2) is 59.8 Å². The van der Waals surface area contributed by atoms with Gasteiger partial charge in [0, 0.05) is 65.5 Å². The van der Waals surface area contributed by atoms with Gasteiger partial charge in [-0.1, -0.05) is 4.73 Å². The summed E-state index contributed by atoms with van der Waals surface area (Å²) in [4.78, 5) is 68.7. The van der Waals surface area contributed by atoms with Crippen LogP contribution in [0, 0.1) is 20.8 Å². The third-order valence-corrected chi connectivity index (χ3v) is 6.43. The van der Waals surface area contributed by atoms with E-state index in [1.54, 1.807) is 55.0 Å². The number of rotatable bonds is 7. The van der Waals surface area contributed by atoms with Gasteiger partial charge in [0.15, 0.2) is 0 Å². The SMILES string of the molecule is CC(=O)Nc1cc(C)cc[n+]1O.CC(=O)Nc1cc(C)ccn1.CC(=O)Nc1cc(CO)ccn1.CC(=O)Nc1cc(COC(C)=O)ccn1.Cc1ccnc(N)c1. The van der Waals surface area contributed by atoms with Gasteiger partial charge in [-0.05, 0) is 103 Å². The molecule has 0 saturated carbocycles. The summed E-state index contributed by atoms with van der Waals surface area (Å²) in [6.45, 7) is 13.0. The van der Waals surface area contributed by atoms with Gasteiger partial charge in [-0.3, -0.25) is 19.2 Å². The zero-order valence-electron chi connectivity index (χ0n) is 33.7. The number of hydrogen-bond donors (Lipinski definition) is 7. The first-order valence-electron chi connectivity index (χ1n) is 17.4. The quantitative estimate of drug-likeness (QED) is 0.0683. The van der Waals surface area contributed by atoms with Crippen molar-refractivity contribution < 1.29 is 43.8 Å². The summed E-state index contributed by atoms with van der Waals surface area (Å²) in [6.07, 6.45) is 7.92. The van der Waals surface area contributed by atoms with Crippen LogP contribution in [0.15, 0.2) is 91.6 Å². The molecular formula is C40H51N10O8+. The van der Waals surface area contributed by atoms with Gasteiger partial charge in [-0.15, -0.1) is 0 Å². The van der Waals surface area contributed by atoms with Crippen molar-refractivity contribution in [3.8, 4) is 0 Å². The third kappa shape index (κ3) is 23.4. The molecule has 5 rings (SSSR count). The summed E-state index contributed by atoms with van der Waals surface area (Å²) in [5.74, 6) is 1.50. The Bertz CT molecular complexity index is 2100. The van der Waals surface area contributed by atoms with E-state index >= 15 is 0 Å². The van der Waals surface area contributed by atoms with E-state index in [1.165, 1.54) is 47.0 Å². The van der Waals surface area contributed by atoms with Crippen molar-refractivity contribution in [1.29, 1.82) is 0 Å². The van der Waals surface area contributed by atoms with Crippen LogP contribution in [-0.2, 0) is 41.9 Å². The van der Waals surface area contributed by atoms with Crippen molar-refractivity contribution in [2.75, 3.05) is 27.0 Å². The number of nitrogen functional groups attached to an aromatic ring is 1. The maximum atomic E-state index is 10.8. The molecule has 58 heavy (non-hydrogen) atoms. The van der Waals surface area contributed by atoms with Crippen LogP contribution in [0.2, 0.25) is 0 Å². The Morgan fingerprint density at radius 3 is 1.47 bits per heavy atom. The Morgan fingerprint density at radius 1 is 0.603 bits per heavy atom. The van der Waals surface area contributed by atoms with Crippen molar-refractivity contribution in [3.63, 3.8) is 0 Å². The van der Waals surface area contributed by atoms with Gasteiger partial charge in [0.05, 0.1) is 6.61 Å². The van der Waals surface area contributed by atoms with Gasteiger partial charge in [0.1, 0.15) is 36.1 Å². The van der Waals surface area contributed by atoms with E-state index in [9.17, 15) is 29.2 Å². The zero-order valence-corrected chi connectivity index (χ0v) is 33.7. The molecule has 5 heterocycles. The fourth-order valence-corrected chi connectivity index (χ4v) is 4.04. The van der Waals surface area contributed by atoms with Gasteiger partial charge in [-0.2, -0.15) is 0 Å². The normalized spacial score (nSPS) is 9.40. The van der Waals surface area contributed by atoms with Gasteiger partial charge in [0.2, 0.25) is 17.7 Å². The monoisotopic (exact) mass is 799 g/mol. The highest BCUT2D eigenvalue weighted by molar-refractivity contribution is 5.88. The number of aliphatic hydroxyl groups excluding tert-OH is 1. The Morgan fingerprint density at radius 2 is 1.03 bits per heavy atom.